The van der Waals surface area contributed by atoms with Crippen molar-refractivity contribution in [1.82, 2.24) is 4.98 Å². The van der Waals surface area contributed by atoms with Crippen LogP contribution in [0.4, 0.5) is 14.5 Å². The second-order valence-electron chi connectivity index (χ2n) is 3.22. The van der Waals surface area contributed by atoms with Gasteiger partial charge in [-0.2, -0.15) is 0 Å². The molecular weight excluding hydrogens is 254 g/mol. The molecule has 0 spiro atoms. The van der Waals surface area contributed by atoms with E-state index in [0.29, 0.717) is 6.07 Å². The molecule has 1 N–H and O–H groups in total. The Morgan fingerprint density at radius 3 is 2.67 bits per heavy atom. The summed E-state index contributed by atoms with van der Waals surface area (Å²) in [5.74, 6) is -0.895. The van der Waals surface area contributed by atoms with Crippen LogP contribution in [0.2, 0.25) is 0 Å². The first-order valence-corrected chi connectivity index (χ1v) is 4.62. The standard InChI is InChI=1S/C9H8F2N2O5/c1-18-7(15)2-4-8(9(10)11)5(13(16)17)3-6(14)12-4/h3,9H,2H2,1H3,(H,12,14). The van der Waals surface area contributed by atoms with Crippen molar-refractivity contribution in [2.75, 3.05) is 7.11 Å². The number of methoxy groups -OCH3 is 1. The van der Waals surface area contributed by atoms with Gasteiger partial charge in [0.25, 0.3) is 17.7 Å². The number of ether oxygens (including phenoxy) is 1. The molecule has 0 fully saturated rings. The third-order valence-electron chi connectivity index (χ3n) is 2.11. The largest absolute Gasteiger partial charge is 0.469 e. The zero-order valence-corrected chi connectivity index (χ0v) is 9.11. The summed E-state index contributed by atoms with van der Waals surface area (Å²) >= 11 is 0. The number of hydrogen-bond acceptors (Lipinski definition) is 5. The van der Waals surface area contributed by atoms with E-state index in [-0.39, 0.29) is 0 Å². The van der Waals surface area contributed by atoms with Crippen LogP contribution in [0.1, 0.15) is 17.7 Å². The molecule has 1 rings (SSSR count). The first-order valence-electron chi connectivity index (χ1n) is 4.62. The third-order valence-corrected chi connectivity index (χ3v) is 2.11. The maximum atomic E-state index is 12.8. The van der Waals surface area contributed by atoms with Crippen LogP contribution in [0.3, 0.4) is 0 Å². The van der Waals surface area contributed by atoms with Crippen LogP contribution >= 0.6 is 0 Å². The summed E-state index contributed by atoms with van der Waals surface area (Å²) in [6.45, 7) is 0. The van der Waals surface area contributed by atoms with Gasteiger partial charge in [-0.15, -0.1) is 0 Å². The Morgan fingerprint density at radius 2 is 2.22 bits per heavy atom. The highest BCUT2D eigenvalue weighted by Crippen LogP contribution is 2.30. The van der Waals surface area contributed by atoms with Gasteiger partial charge < -0.3 is 9.72 Å². The maximum Gasteiger partial charge on any atom is 0.311 e. The van der Waals surface area contributed by atoms with Crippen LogP contribution < -0.4 is 5.56 Å². The van der Waals surface area contributed by atoms with Crippen LogP contribution in [-0.2, 0) is 16.0 Å². The average Bonchev–Trinajstić information content (AvgIpc) is 2.27. The summed E-state index contributed by atoms with van der Waals surface area (Å²) in [5.41, 5.74) is -3.46. The minimum absolute atomic E-state index is 0.447. The van der Waals surface area contributed by atoms with Crippen LogP contribution in [0.5, 0.6) is 0 Å². The minimum Gasteiger partial charge on any atom is -0.469 e. The van der Waals surface area contributed by atoms with E-state index < -0.39 is 46.2 Å². The molecule has 0 saturated heterocycles. The van der Waals surface area contributed by atoms with Crippen molar-refractivity contribution in [3.8, 4) is 0 Å². The van der Waals surface area contributed by atoms with Crippen molar-refractivity contribution in [2.45, 2.75) is 12.8 Å². The van der Waals surface area contributed by atoms with Gasteiger partial charge in [-0.05, 0) is 0 Å². The number of rotatable bonds is 4. The maximum absolute atomic E-state index is 12.8. The molecule has 18 heavy (non-hydrogen) atoms. The number of aromatic nitrogens is 1. The number of esters is 1. The molecule has 9 heteroatoms. The Morgan fingerprint density at radius 1 is 1.61 bits per heavy atom. The zero-order chi connectivity index (χ0) is 13.9. The van der Waals surface area contributed by atoms with E-state index in [2.05, 4.69) is 4.74 Å². The first kappa shape index (κ1) is 13.7. The van der Waals surface area contributed by atoms with Crippen LogP contribution in [-0.4, -0.2) is 23.0 Å². The van der Waals surface area contributed by atoms with E-state index >= 15 is 0 Å². The molecule has 1 aromatic rings. The molecule has 0 bridgehead atoms. The number of aromatic amines is 1. The average molecular weight is 262 g/mol. The number of pyridine rings is 1. The smallest absolute Gasteiger partial charge is 0.311 e. The molecule has 7 nitrogen and oxygen atoms in total. The van der Waals surface area contributed by atoms with E-state index in [1.807, 2.05) is 4.98 Å². The summed E-state index contributed by atoms with van der Waals surface area (Å²) in [6, 6.07) is 0.447. The predicted octanol–water partition coefficient (Wildman–Crippen LogP) is 0.936. The monoisotopic (exact) mass is 262 g/mol. The van der Waals surface area contributed by atoms with Crippen LogP contribution in [0.15, 0.2) is 10.9 Å². The SMILES string of the molecule is COC(=O)Cc1[nH]c(=O)cc([N+](=O)[O-])c1C(F)F. The molecule has 0 amide bonds. The number of nitrogens with one attached hydrogen (secondary N) is 1. The first-order chi connectivity index (χ1) is 8.36. The minimum atomic E-state index is -3.19. The van der Waals surface area contributed by atoms with Crippen LogP contribution in [0.25, 0.3) is 0 Å². The van der Waals surface area contributed by atoms with Crippen molar-refractivity contribution in [2.24, 2.45) is 0 Å². The van der Waals surface area contributed by atoms with Gasteiger partial charge in [-0.1, -0.05) is 0 Å². The lowest BCUT2D eigenvalue weighted by Gasteiger charge is -2.07. The molecule has 0 atom stereocenters. The zero-order valence-electron chi connectivity index (χ0n) is 9.11. The van der Waals surface area contributed by atoms with Crippen molar-refractivity contribution in [3.05, 3.63) is 37.8 Å². The van der Waals surface area contributed by atoms with E-state index in [4.69, 9.17) is 0 Å². The lowest BCUT2D eigenvalue weighted by atomic mass is 10.1. The molecule has 0 aromatic carbocycles. The van der Waals surface area contributed by atoms with Gasteiger partial charge in [-0.25, -0.2) is 8.78 Å². The van der Waals surface area contributed by atoms with Gasteiger partial charge in [0.2, 0.25) is 0 Å². The van der Waals surface area contributed by atoms with E-state index in [1.165, 1.54) is 0 Å². The number of nitro groups is 1. The summed E-state index contributed by atoms with van der Waals surface area (Å²) in [5, 5.41) is 10.6. The number of H-pyrrole nitrogens is 1. The Bertz CT molecular complexity index is 540. The quantitative estimate of drug-likeness (QED) is 0.494. The topological polar surface area (TPSA) is 102 Å². The van der Waals surface area contributed by atoms with Gasteiger partial charge in [-0.3, -0.25) is 19.7 Å². The molecule has 0 aliphatic heterocycles. The molecule has 0 unspecified atom stereocenters. The third kappa shape index (κ3) is 2.87. The highest BCUT2D eigenvalue weighted by Gasteiger charge is 2.28. The van der Waals surface area contributed by atoms with Gasteiger partial charge in [0.1, 0.15) is 5.56 Å². The van der Waals surface area contributed by atoms with Crippen molar-refractivity contribution >= 4 is 11.7 Å². The van der Waals surface area contributed by atoms with E-state index in [9.17, 15) is 28.5 Å². The molecule has 0 saturated carbocycles. The molecule has 0 radical (unpaired) electrons. The molecule has 1 heterocycles. The van der Waals surface area contributed by atoms with Gasteiger partial charge in [0.15, 0.2) is 0 Å². The molecular formula is C9H8F2N2O5. The van der Waals surface area contributed by atoms with Crippen LogP contribution in [0, 0.1) is 10.1 Å². The Balaban J connectivity index is 3.43. The fourth-order valence-corrected chi connectivity index (χ4v) is 1.36. The Kier molecular flexibility index (Phi) is 4.08. The Hall–Kier alpha value is -2.32. The summed E-state index contributed by atoms with van der Waals surface area (Å²) in [6.07, 6.45) is -3.87. The lowest BCUT2D eigenvalue weighted by Crippen LogP contribution is -2.17. The second-order valence-corrected chi connectivity index (χ2v) is 3.22. The molecule has 1 aromatic heterocycles. The number of hydrogen-bond donors (Lipinski definition) is 1. The normalized spacial score (nSPS) is 10.4. The number of alkyl halides is 2. The number of halogens is 2. The van der Waals surface area contributed by atoms with Crippen molar-refractivity contribution in [1.29, 1.82) is 0 Å². The Labute approximate surface area is 98.5 Å². The number of carbonyl (C=O) groups excluding carboxylic acids is 1. The fourth-order valence-electron chi connectivity index (χ4n) is 1.36. The molecule has 0 aliphatic carbocycles. The van der Waals surface area contributed by atoms with Gasteiger partial charge >= 0.3 is 5.97 Å². The second kappa shape index (κ2) is 5.34. The number of nitrogens with zero attached hydrogens (tertiary/aromatic N) is 1. The number of carbonyl (C=O) groups is 1. The predicted molar refractivity (Wildman–Crippen MR) is 54.4 cm³/mol. The van der Waals surface area contributed by atoms with Gasteiger partial charge in [0.05, 0.1) is 24.5 Å². The summed E-state index contributed by atoms with van der Waals surface area (Å²) in [7, 11) is 1.03. The van der Waals surface area contributed by atoms with Gasteiger partial charge in [0, 0.05) is 5.69 Å². The highest BCUT2D eigenvalue weighted by molar-refractivity contribution is 5.72. The lowest BCUT2D eigenvalue weighted by molar-refractivity contribution is -0.386. The molecule has 0 aliphatic rings. The fraction of sp³-hybridized carbons (Fsp3) is 0.333. The molecule has 98 valence electrons. The van der Waals surface area contributed by atoms with Crippen molar-refractivity contribution < 1.29 is 23.2 Å². The van der Waals surface area contributed by atoms with E-state index in [0.717, 1.165) is 7.11 Å². The van der Waals surface area contributed by atoms with E-state index in [1.54, 1.807) is 0 Å². The summed E-state index contributed by atoms with van der Waals surface area (Å²) in [4.78, 5) is 33.6. The summed E-state index contributed by atoms with van der Waals surface area (Å²) < 4.78 is 29.8. The highest BCUT2D eigenvalue weighted by atomic mass is 19.3. The van der Waals surface area contributed by atoms with Crippen molar-refractivity contribution in [3.63, 3.8) is 0 Å².